The van der Waals surface area contributed by atoms with Crippen LogP contribution >= 0.6 is 0 Å². The van der Waals surface area contributed by atoms with Gasteiger partial charge in [-0.3, -0.25) is 0 Å². The molecule has 1 atom stereocenters. The Morgan fingerprint density at radius 2 is 1.83 bits per heavy atom. The zero-order valence-corrected chi connectivity index (χ0v) is 11.6. The van der Waals surface area contributed by atoms with Gasteiger partial charge in [-0.25, -0.2) is 9.59 Å². The lowest BCUT2D eigenvalue weighted by molar-refractivity contribution is -0.139. The van der Waals surface area contributed by atoms with E-state index in [2.05, 4.69) is 5.32 Å². The fourth-order valence-corrected chi connectivity index (χ4v) is 1.95. The molecule has 18 heavy (non-hydrogen) atoms. The van der Waals surface area contributed by atoms with Gasteiger partial charge in [0.2, 0.25) is 0 Å². The summed E-state index contributed by atoms with van der Waals surface area (Å²) >= 11 is 0. The Bertz CT molecular complexity index is 311. The molecule has 1 aliphatic rings. The quantitative estimate of drug-likeness (QED) is 0.763. The van der Waals surface area contributed by atoms with Crippen molar-refractivity contribution in [2.75, 3.05) is 6.54 Å². The average molecular weight is 256 g/mol. The summed E-state index contributed by atoms with van der Waals surface area (Å²) in [5.41, 5.74) is 0. The van der Waals surface area contributed by atoms with Crippen LogP contribution in [0.1, 0.15) is 40.5 Å². The molecule has 1 rings (SSSR count). The van der Waals surface area contributed by atoms with Gasteiger partial charge in [0.05, 0.1) is 0 Å². The van der Waals surface area contributed by atoms with E-state index in [-0.39, 0.29) is 18.0 Å². The Kier molecular flexibility index (Phi) is 4.99. The number of hydrogen-bond acceptors (Lipinski definition) is 2. The molecular formula is C13H24N2O3. The largest absolute Gasteiger partial charge is 0.480 e. The summed E-state index contributed by atoms with van der Waals surface area (Å²) in [7, 11) is 0. The molecule has 0 saturated heterocycles. The molecule has 0 radical (unpaired) electrons. The van der Waals surface area contributed by atoms with E-state index in [1.54, 1.807) is 4.90 Å². The van der Waals surface area contributed by atoms with Crippen LogP contribution in [0.25, 0.3) is 0 Å². The van der Waals surface area contributed by atoms with Crippen molar-refractivity contribution in [1.82, 2.24) is 10.2 Å². The predicted octanol–water partition coefficient (Wildman–Crippen LogP) is 1.93. The van der Waals surface area contributed by atoms with E-state index in [0.717, 1.165) is 12.8 Å². The van der Waals surface area contributed by atoms with Gasteiger partial charge in [-0.05, 0) is 38.5 Å². The summed E-state index contributed by atoms with van der Waals surface area (Å²) in [6.45, 7) is 8.60. The summed E-state index contributed by atoms with van der Waals surface area (Å²) < 4.78 is 0. The zero-order chi connectivity index (χ0) is 13.9. The number of nitrogens with one attached hydrogen (secondary N) is 1. The third-order valence-corrected chi connectivity index (χ3v) is 3.08. The van der Waals surface area contributed by atoms with Crippen molar-refractivity contribution < 1.29 is 14.7 Å². The Morgan fingerprint density at radius 1 is 1.28 bits per heavy atom. The van der Waals surface area contributed by atoms with Crippen molar-refractivity contribution in [3.8, 4) is 0 Å². The van der Waals surface area contributed by atoms with Gasteiger partial charge < -0.3 is 15.3 Å². The van der Waals surface area contributed by atoms with Crippen molar-refractivity contribution in [2.45, 2.75) is 52.6 Å². The molecule has 0 bridgehead atoms. The molecule has 1 fully saturated rings. The van der Waals surface area contributed by atoms with Crippen LogP contribution in [-0.4, -0.2) is 40.6 Å². The van der Waals surface area contributed by atoms with Crippen LogP contribution < -0.4 is 5.32 Å². The van der Waals surface area contributed by atoms with Gasteiger partial charge in [-0.15, -0.1) is 0 Å². The Labute approximate surface area is 109 Å². The molecule has 1 saturated carbocycles. The molecule has 104 valence electrons. The summed E-state index contributed by atoms with van der Waals surface area (Å²) in [4.78, 5) is 24.9. The molecule has 1 aliphatic carbocycles. The number of carbonyl (C=O) groups is 2. The van der Waals surface area contributed by atoms with E-state index in [1.165, 1.54) is 0 Å². The lowest BCUT2D eigenvalue weighted by atomic mass is 10.1. The molecule has 2 N–H and O–H groups in total. The normalized spacial score (nSPS) is 16.8. The van der Waals surface area contributed by atoms with E-state index < -0.39 is 12.0 Å². The number of carbonyl (C=O) groups excluding carboxylic acids is 1. The average Bonchev–Trinajstić information content (AvgIpc) is 3.04. The Hall–Kier alpha value is -1.26. The minimum absolute atomic E-state index is 0.0704. The van der Waals surface area contributed by atoms with Crippen LogP contribution in [0.3, 0.4) is 0 Å². The van der Waals surface area contributed by atoms with E-state index in [1.807, 2.05) is 27.7 Å². The molecule has 1 unspecified atom stereocenters. The summed E-state index contributed by atoms with van der Waals surface area (Å²) in [5.74, 6) is -0.457. The number of hydrogen-bond donors (Lipinski definition) is 2. The number of carboxylic acids is 1. The van der Waals surface area contributed by atoms with E-state index in [4.69, 9.17) is 5.11 Å². The predicted molar refractivity (Wildman–Crippen MR) is 69.4 cm³/mol. The van der Waals surface area contributed by atoms with Crippen molar-refractivity contribution >= 4 is 12.0 Å². The van der Waals surface area contributed by atoms with E-state index in [0.29, 0.717) is 12.5 Å². The zero-order valence-electron chi connectivity index (χ0n) is 11.6. The Morgan fingerprint density at radius 3 is 2.17 bits per heavy atom. The highest BCUT2D eigenvalue weighted by molar-refractivity contribution is 5.83. The van der Waals surface area contributed by atoms with Gasteiger partial charge in [-0.2, -0.15) is 0 Å². The van der Waals surface area contributed by atoms with Crippen molar-refractivity contribution in [2.24, 2.45) is 11.8 Å². The summed E-state index contributed by atoms with van der Waals surface area (Å²) in [6.07, 6.45) is 1.78. The maximum atomic E-state index is 12.1. The molecule has 0 spiro atoms. The molecular weight excluding hydrogens is 232 g/mol. The van der Waals surface area contributed by atoms with Crippen LogP contribution in [0.2, 0.25) is 0 Å². The van der Waals surface area contributed by atoms with Gasteiger partial charge in [0.1, 0.15) is 6.04 Å². The molecule has 0 aromatic carbocycles. The van der Waals surface area contributed by atoms with Crippen LogP contribution in [0.4, 0.5) is 4.79 Å². The SMILES string of the molecule is CC(C)CN(C(=O)NC(C(=O)O)C1CC1)C(C)C. The maximum Gasteiger partial charge on any atom is 0.326 e. The van der Waals surface area contributed by atoms with Gasteiger partial charge in [0, 0.05) is 12.6 Å². The number of aliphatic carboxylic acids is 1. The molecule has 0 aromatic heterocycles. The first-order valence-corrected chi connectivity index (χ1v) is 6.62. The molecule has 0 aliphatic heterocycles. The first-order chi connectivity index (χ1) is 8.32. The maximum absolute atomic E-state index is 12.1. The molecule has 5 heteroatoms. The van der Waals surface area contributed by atoms with Crippen molar-refractivity contribution in [1.29, 1.82) is 0 Å². The second-order valence-corrected chi connectivity index (χ2v) is 5.74. The monoisotopic (exact) mass is 256 g/mol. The standard InChI is InChI=1S/C13H24N2O3/c1-8(2)7-15(9(3)4)13(18)14-11(12(16)17)10-5-6-10/h8-11H,5-7H2,1-4H3,(H,14,18)(H,16,17). The summed E-state index contributed by atoms with van der Waals surface area (Å²) in [6, 6.07) is -0.926. The third-order valence-electron chi connectivity index (χ3n) is 3.08. The topological polar surface area (TPSA) is 69.6 Å². The van der Waals surface area contributed by atoms with Crippen LogP contribution in [0, 0.1) is 11.8 Å². The minimum Gasteiger partial charge on any atom is -0.480 e. The highest BCUT2D eigenvalue weighted by Gasteiger charge is 2.38. The Balaban J connectivity index is 2.61. The van der Waals surface area contributed by atoms with Gasteiger partial charge in [-0.1, -0.05) is 13.8 Å². The van der Waals surface area contributed by atoms with Gasteiger partial charge in [0.25, 0.3) is 0 Å². The minimum atomic E-state index is -0.931. The highest BCUT2D eigenvalue weighted by atomic mass is 16.4. The second kappa shape index (κ2) is 6.07. The van der Waals surface area contributed by atoms with Crippen molar-refractivity contribution in [3.63, 3.8) is 0 Å². The van der Waals surface area contributed by atoms with Crippen LogP contribution in [0.15, 0.2) is 0 Å². The van der Waals surface area contributed by atoms with E-state index >= 15 is 0 Å². The molecule has 0 aromatic rings. The number of amides is 2. The van der Waals surface area contributed by atoms with Gasteiger partial charge in [0.15, 0.2) is 0 Å². The van der Waals surface area contributed by atoms with Crippen LogP contribution in [-0.2, 0) is 4.79 Å². The van der Waals surface area contributed by atoms with Crippen molar-refractivity contribution in [3.05, 3.63) is 0 Å². The molecule has 2 amide bonds. The fourth-order valence-electron chi connectivity index (χ4n) is 1.95. The number of nitrogens with zero attached hydrogens (tertiary/aromatic N) is 1. The number of urea groups is 1. The summed E-state index contributed by atoms with van der Waals surface area (Å²) in [5, 5.41) is 11.8. The highest BCUT2D eigenvalue weighted by Crippen LogP contribution is 2.32. The first kappa shape index (κ1) is 14.8. The van der Waals surface area contributed by atoms with E-state index in [9.17, 15) is 9.59 Å². The lowest BCUT2D eigenvalue weighted by Crippen LogP contribution is -2.51. The number of carboxylic acid groups (broad SMARTS) is 1. The smallest absolute Gasteiger partial charge is 0.326 e. The molecule has 5 nitrogen and oxygen atoms in total. The fraction of sp³-hybridized carbons (Fsp3) is 0.846. The third kappa shape index (κ3) is 4.20. The van der Waals surface area contributed by atoms with Crippen LogP contribution in [0.5, 0.6) is 0 Å². The molecule has 0 heterocycles. The number of rotatable bonds is 6. The second-order valence-electron chi connectivity index (χ2n) is 5.74. The van der Waals surface area contributed by atoms with Gasteiger partial charge >= 0.3 is 12.0 Å². The first-order valence-electron chi connectivity index (χ1n) is 6.62. The lowest BCUT2D eigenvalue weighted by Gasteiger charge is -2.30.